The van der Waals surface area contributed by atoms with Gasteiger partial charge < -0.3 is 10.0 Å². The van der Waals surface area contributed by atoms with Gasteiger partial charge in [-0.2, -0.15) is 0 Å². The average molecular weight is 333 g/mol. The number of likely N-dealkylation sites (tertiary alicyclic amines) is 1. The zero-order chi connectivity index (χ0) is 15.5. The van der Waals surface area contributed by atoms with Crippen LogP contribution in [0.1, 0.15) is 24.5 Å². The molecule has 2 rings (SSSR count). The zero-order valence-corrected chi connectivity index (χ0v) is 13.4. The van der Waals surface area contributed by atoms with Crippen LogP contribution in [0.4, 0.5) is 0 Å². The van der Waals surface area contributed by atoms with E-state index >= 15 is 0 Å². The minimum Gasteiger partial charge on any atom is -0.387 e. The molecule has 7 heteroatoms. The molecule has 1 heterocycles. The second-order valence-corrected chi connectivity index (χ2v) is 7.76. The summed E-state index contributed by atoms with van der Waals surface area (Å²) < 4.78 is 22.4. The fraction of sp³-hybridized carbons (Fsp3) is 0.571. The lowest BCUT2D eigenvalue weighted by atomic mass is 9.99. The van der Waals surface area contributed by atoms with Gasteiger partial charge in [-0.05, 0) is 43.0 Å². The van der Waals surface area contributed by atoms with Gasteiger partial charge in [-0.1, -0.05) is 23.7 Å². The van der Waals surface area contributed by atoms with Crippen LogP contribution in [-0.4, -0.2) is 43.8 Å². The number of nitrogens with two attached hydrogens (primary N) is 1. The second-order valence-electron chi connectivity index (χ2n) is 5.67. The standard InChI is InChI=1S/C14H21ClN2O3S/c15-13-5-1-4-12(7-13)14(18)9-17-6-2-3-11(8-17)10-21(16,19)20/h1,4-5,7,11,14,18H,2-3,6,8-10H2,(H2,16,19,20)/t11-,14-/m1/s1. The predicted molar refractivity (Wildman–Crippen MR) is 83.6 cm³/mol. The molecule has 1 aromatic carbocycles. The lowest BCUT2D eigenvalue weighted by Gasteiger charge is -2.33. The number of benzene rings is 1. The SMILES string of the molecule is NS(=O)(=O)C[C@@H]1CCCN(C[C@@H](O)c2cccc(Cl)c2)C1. The molecule has 2 atom stereocenters. The van der Waals surface area contributed by atoms with Gasteiger partial charge in [0.15, 0.2) is 0 Å². The van der Waals surface area contributed by atoms with Crippen LogP contribution in [0.15, 0.2) is 24.3 Å². The van der Waals surface area contributed by atoms with Crippen molar-refractivity contribution in [1.29, 1.82) is 0 Å². The fourth-order valence-electron chi connectivity index (χ4n) is 2.85. The van der Waals surface area contributed by atoms with E-state index in [1.165, 1.54) is 0 Å². The number of piperidine rings is 1. The molecule has 21 heavy (non-hydrogen) atoms. The first kappa shape index (κ1) is 16.7. The van der Waals surface area contributed by atoms with Crippen molar-refractivity contribution in [3.05, 3.63) is 34.9 Å². The lowest BCUT2D eigenvalue weighted by molar-refractivity contribution is 0.0880. The van der Waals surface area contributed by atoms with Crippen molar-refractivity contribution in [2.45, 2.75) is 18.9 Å². The highest BCUT2D eigenvalue weighted by atomic mass is 35.5. The molecule has 0 amide bonds. The maximum atomic E-state index is 11.2. The van der Waals surface area contributed by atoms with Crippen molar-refractivity contribution >= 4 is 21.6 Å². The van der Waals surface area contributed by atoms with E-state index in [9.17, 15) is 13.5 Å². The first-order valence-corrected chi connectivity index (χ1v) is 9.09. The van der Waals surface area contributed by atoms with Crippen molar-refractivity contribution in [3.63, 3.8) is 0 Å². The van der Waals surface area contributed by atoms with Crippen LogP contribution in [0.5, 0.6) is 0 Å². The molecule has 0 radical (unpaired) electrons. The highest BCUT2D eigenvalue weighted by Crippen LogP contribution is 2.22. The highest BCUT2D eigenvalue weighted by Gasteiger charge is 2.25. The average Bonchev–Trinajstić information content (AvgIpc) is 2.37. The van der Waals surface area contributed by atoms with Gasteiger partial charge >= 0.3 is 0 Å². The molecule has 0 unspecified atom stereocenters. The molecule has 0 aromatic heterocycles. The summed E-state index contributed by atoms with van der Waals surface area (Å²) in [6.07, 6.45) is 1.15. The summed E-state index contributed by atoms with van der Waals surface area (Å²) in [5.41, 5.74) is 0.774. The maximum Gasteiger partial charge on any atom is 0.209 e. The Morgan fingerprint density at radius 2 is 2.24 bits per heavy atom. The monoisotopic (exact) mass is 332 g/mol. The number of rotatable bonds is 5. The van der Waals surface area contributed by atoms with Gasteiger partial charge in [-0.15, -0.1) is 0 Å². The topological polar surface area (TPSA) is 83.6 Å². The van der Waals surface area contributed by atoms with Crippen LogP contribution in [0.2, 0.25) is 5.02 Å². The van der Waals surface area contributed by atoms with Crippen LogP contribution >= 0.6 is 11.6 Å². The van der Waals surface area contributed by atoms with E-state index in [1.807, 2.05) is 6.07 Å². The van der Waals surface area contributed by atoms with Gasteiger partial charge in [0.05, 0.1) is 11.9 Å². The van der Waals surface area contributed by atoms with Crippen molar-refractivity contribution in [3.8, 4) is 0 Å². The number of nitrogens with zero attached hydrogens (tertiary/aromatic N) is 1. The third-order valence-corrected chi connectivity index (χ3v) is 4.91. The zero-order valence-electron chi connectivity index (χ0n) is 11.8. The van der Waals surface area contributed by atoms with Crippen molar-refractivity contribution in [1.82, 2.24) is 4.90 Å². The number of hydrogen-bond acceptors (Lipinski definition) is 4. The quantitative estimate of drug-likeness (QED) is 0.853. The molecule has 1 aliphatic heterocycles. The minimum atomic E-state index is -3.44. The van der Waals surface area contributed by atoms with Crippen LogP contribution in [0.3, 0.4) is 0 Å². The van der Waals surface area contributed by atoms with Crippen molar-refractivity contribution in [2.24, 2.45) is 11.1 Å². The van der Waals surface area contributed by atoms with Crippen LogP contribution in [-0.2, 0) is 10.0 Å². The van der Waals surface area contributed by atoms with E-state index < -0.39 is 16.1 Å². The molecule has 0 spiro atoms. The lowest BCUT2D eigenvalue weighted by Crippen LogP contribution is -2.41. The molecule has 0 bridgehead atoms. The largest absolute Gasteiger partial charge is 0.387 e. The molecule has 3 N–H and O–H groups in total. The Hall–Kier alpha value is -0.660. The fourth-order valence-corrected chi connectivity index (χ4v) is 3.97. The molecule has 118 valence electrons. The van der Waals surface area contributed by atoms with E-state index in [4.69, 9.17) is 16.7 Å². The Kier molecular flexibility index (Phi) is 5.62. The van der Waals surface area contributed by atoms with Crippen LogP contribution < -0.4 is 5.14 Å². The molecule has 0 saturated carbocycles. The Balaban J connectivity index is 1.93. The minimum absolute atomic E-state index is 0.0107. The summed E-state index contributed by atoms with van der Waals surface area (Å²) in [5.74, 6) is 0.0526. The van der Waals surface area contributed by atoms with E-state index in [1.54, 1.807) is 18.2 Å². The summed E-state index contributed by atoms with van der Waals surface area (Å²) in [4.78, 5) is 2.09. The van der Waals surface area contributed by atoms with Gasteiger partial charge in [0.25, 0.3) is 0 Å². The second kappa shape index (κ2) is 7.07. The molecular formula is C14H21ClN2O3S. The maximum absolute atomic E-state index is 11.2. The Morgan fingerprint density at radius 1 is 1.48 bits per heavy atom. The van der Waals surface area contributed by atoms with Crippen LogP contribution in [0, 0.1) is 5.92 Å². The van der Waals surface area contributed by atoms with Gasteiger partial charge in [0.1, 0.15) is 0 Å². The summed E-state index contributed by atoms with van der Waals surface area (Å²) in [6.45, 7) is 1.98. The summed E-state index contributed by atoms with van der Waals surface area (Å²) in [7, 11) is -3.44. The number of β-amino-alcohol motifs (C(OH)–C–C–N with tert-alkyl or cyclic N) is 1. The van der Waals surface area contributed by atoms with Crippen molar-refractivity contribution < 1.29 is 13.5 Å². The third kappa shape index (κ3) is 5.56. The Morgan fingerprint density at radius 3 is 2.90 bits per heavy atom. The normalized spacial score (nSPS) is 22.1. The number of aliphatic hydroxyl groups excluding tert-OH is 1. The highest BCUT2D eigenvalue weighted by molar-refractivity contribution is 7.89. The van der Waals surface area contributed by atoms with Gasteiger partial charge in [-0.25, -0.2) is 13.6 Å². The number of aliphatic hydroxyl groups is 1. The summed E-state index contributed by atoms with van der Waals surface area (Å²) >= 11 is 5.92. The predicted octanol–water partition coefficient (Wildman–Crippen LogP) is 1.37. The van der Waals surface area contributed by atoms with Gasteiger partial charge in [0.2, 0.25) is 10.0 Å². The first-order valence-electron chi connectivity index (χ1n) is 7.00. The molecule has 1 saturated heterocycles. The Labute approximate surface area is 130 Å². The summed E-state index contributed by atoms with van der Waals surface area (Å²) in [5, 5.41) is 16.0. The molecule has 1 fully saturated rings. The van der Waals surface area contributed by atoms with E-state index in [0.29, 0.717) is 18.1 Å². The van der Waals surface area contributed by atoms with E-state index in [0.717, 1.165) is 24.9 Å². The van der Waals surface area contributed by atoms with E-state index in [-0.39, 0.29) is 11.7 Å². The van der Waals surface area contributed by atoms with E-state index in [2.05, 4.69) is 4.90 Å². The van der Waals surface area contributed by atoms with Gasteiger partial charge in [0, 0.05) is 18.1 Å². The first-order chi connectivity index (χ1) is 9.83. The number of primary sulfonamides is 1. The molecule has 1 aliphatic rings. The molecule has 0 aliphatic carbocycles. The van der Waals surface area contributed by atoms with Crippen LogP contribution in [0.25, 0.3) is 0 Å². The number of halogens is 1. The molecular weight excluding hydrogens is 312 g/mol. The molecule has 5 nitrogen and oxygen atoms in total. The third-order valence-electron chi connectivity index (χ3n) is 3.74. The Bertz CT molecular complexity index is 579. The number of sulfonamides is 1. The van der Waals surface area contributed by atoms with Gasteiger partial charge in [-0.3, -0.25) is 0 Å². The number of hydrogen-bond donors (Lipinski definition) is 2. The summed E-state index contributed by atoms with van der Waals surface area (Å²) in [6, 6.07) is 7.15. The van der Waals surface area contributed by atoms with Crippen molar-refractivity contribution in [2.75, 3.05) is 25.4 Å². The smallest absolute Gasteiger partial charge is 0.209 e. The molecule has 1 aromatic rings.